The molecule has 3 aromatic heterocycles. The van der Waals surface area contributed by atoms with Crippen molar-refractivity contribution >= 4 is 22.7 Å². The summed E-state index contributed by atoms with van der Waals surface area (Å²) >= 11 is 2.95. The third kappa shape index (κ3) is 2.81. The minimum Gasteiger partial charge on any atom is -0.394 e. The molecule has 0 amide bonds. The molecule has 2 N–H and O–H groups in total. The monoisotopic (exact) mass is 351 g/mol. The summed E-state index contributed by atoms with van der Waals surface area (Å²) in [6.07, 6.45) is -1.13. The minimum atomic E-state index is -0.675. The molecule has 7 nitrogen and oxygen atoms in total. The van der Waals surface area contributed by atoms with Crippen LogP contribution in [0.3, 0.4) is 0 Å². The highest BCUT2D eigenvalue weighted by Gasteiger charge is 2.36. The largest absolute Gasteiger partial charge is 0.394 e. The molecule has 0 bridgehead atoms. The van der Waals surface area contributed by atoms with Crippen molar-refractivity contribution in [1.29, 1.82) is 0 Å². The summed E-state index contributed by atoms with van der Waals surface area (Å²) < 4.78 is 10.9. The molecule has 23 heavy (non-hydrogen) atoms. The lowest BCUT2D eigenvalue weighted by molar-refractivity contribution is -0.0225. The van der Waals surface area contributed by atoms with Crippen LogP contribution in [0.1, 0.15) is 17.5 Å². The quantitative estimate of drug-likeness (QED) is 0.742. The van der Waals surface area contributed by atoms with Crippen molar-refractivity contribution in [3.8, 4) is 22.3 Å². The van der Waals surface area contributed by atoms with Crippen molar-refractivity contribution in [2.24, 2.45) is 0 Å². The number of hydrogen-bond acceptors (Lipinski definition) is 9. The highest BCUT2D eigenvalue weighted by Crippen LogP contribution is 2.36. The van der Waals surface area contributed by atoms with E-state index >= 15 is 0 Å². The number of rotatable bonds is 4. The first-order valence-electron chi connectivity index (χ1n) is 7.02. The summed E-state index contributed by atoms with van der Waals surface area (Å²) in [5.41, 5.74) is 0.589. The van der Waals surface area contributed by atoms with Gasteiger partial charge in [0.2, 0.25) is 5.82 Å². The van der Waals surface area contributed by atoms with E-state index in [4.69, 9.17) is 14.4 Å². The van der Waals surface area contributed by atoms with Gasteiger partial charge in [0.05, 0.1) is 17.6 Å². The number of aliphatic hydroxyl groups is 2. The maximum atomic E-state index is 9.81. The second kappa shape index (κ2) is 6.10. The molecule has 120 valence electrons. The van der Waals surface area contributed by atoms with Crippen molar-refractivity contribution in [3.63, 3.8) is 0 Å². The summed E-state index contributed by atoms with van der Waals surface area (Å²) in [4.78, 5) is 9.76. The number of thiazole rings is 1. The predicted octanol–water partition coefficient (Wildman–Crippen LogP) is 2.10. The highest BCUT2D eigenvalue weighted by molar-refractivity contribution is 7.13. The molecule has 4 rings (SSSR count). The molecule has 0 saturated carbocycles. The third-order valence-corrected chi connectivity index (χ3v) is 5.39. The van der Waals surface area contributed by atoms with Gasteiger partial charge in [-0.1, -0.05) is 11.2 Å². The lowest BCUT2D eigenvalue weighted by atomic mass is 10.1. The van der Waals surface area contributed by atoms with E-state index in [9.17, 15) is 5.11 Å². The minimum absolute atomic E-state index is 0.205. The van der Waals surface area contributed by atoms with Crippen LogP contribution in [0.2, 0.25) is 0 Å². The first-order valence-corrected chi connectivity index (χ1v) is 8.78. The van der Waals surface area contributed by atoms with E-state index in [0.29, 0.717) is 23.8 Å². The maximum Gasteiger partial charge on any atom is 0.277 e. The molecule has 3 atom stereocenters. The number of aliphatic hydroxyl groups excluding tert-OH is 2. The van der Waals surface area contributed by atoms with Crippen LogP contribution in [0.4, 0.5) is 0 Å². The number of nitrogens with zero attached hydrogens (tertiary/aromatic N) is 3. The lowest BCUT2D eigenvalue weighted by Crippen LogP contribution is -2.24. The Morgan fingerprint density at radius 2 is 2.22 bits per heavy atom. The molecule has 0 unspecified atom stereocenters. The van der Waals surface area contributed by atoms with Crippen molar-refractivity contribution in [1.82, 2.24) is 15.1 Å². The number of hydrogen-bond donors (Lipinski definition) is 2. The van der Waals surface area contributed by atoms with Gasteiger partial charge in [-0.25, -0.2) is 4.98 Å². The Hall–Kier alpha value is -1.65. The normalized spacial score (nSPS) is 24.3. The van der Waals surface area contributed by atoms with Gasteiger partial charge in [-0.3, -0.25) is 0 Å². The van der Waals surface area contributed by atoms with E-state index in [1.807, 2.05) is 22.9 Å². The van der Waals surface area contributed by atoms with Gasteiger partial charge in [0.25, 0.3) is 5.89 Å². The summed E-state index contributed by atoms with van der Waals surface area (Å²) in [6.45, 7) is -0.205. The third-order valence-electron chi connectivity index (χ3n) is 3.59. The molecule has 1 aliphatic heterocycles. The first-order chi connectivity index (χ1) is 11.2. The molecule has 4 heterocycles. The smallest absolute Gasteiger partial charge is 0.277 e. The molecule has 1 saturated heterocycles. The molecule has 0 radical (unpaired) electrons. The van der Waals surface area contributed by atoms with Gasteiger partial charge in [-0.15, -0.1) is 22.7 Å². The molecule has 0 aliphatic carbocycles. The first kappa shape index (κ1) is 14.9. The summed E-state index contributed by atoms with van der Waals surface area (Å²) in [7, 11) is 0. The Labute approximate surface area is 139 Å². The van der Waals surface area contributed by atoms with E-state index < -0.39 is 12.2 Å². The zero-order chi connectivity index (χ0) is 15.8. The highest BCUT2D eigenvalue weighted by atomic mass is 32.1. The summed E-state index contributed by atoms with van der Waals surface area (Å²) in [5.74, 6) is 0.894. The van der Waals surface area contributed by atoms with Crippen molar-refractivity contribution in [3.05, 3.63) is 27.9 Å². The van der Waals surface area contributed by atoms with E-state index in [-0.39, 0.29) is 12.7 Å². The second-order valence-corrected chi connectivity index (χ2v) is 6.96. The molecule has 0 spiro atoms. The van der Waals surface area contributed by atoms with Crippen LogP contribution < -0.4 is 0 Å². The Bertz CT molecular complexity index is 786. The van der Waals surface area contributed by atoms with Gasteiger partial charge in [-0.05, 0) is 11.4 Å². The van der Waals surface area contributed by atoms with E-state index in [0.717, 1.165) is 9.88 Å². The van der Waals surface area contributed by atoms with Crippen molar-refractivity contribution in [2.45, 2.75) is 24.7 Å². The van der Waals surface area contributed by atoms with E-state index in [1.54, 1.807) is 0 Å². The number of aromatic nitrogens is 3. The topological polar surface area (TPSA) is 102 Å². The van der Waals surface area contributed by atoms with Gasteiger partial charge in [0.15, 0.2) is 0 Å². The molecule has 9 heteroatoms. The standard InChI is InChI=1S/C14H13N3O4S2/c18-5-10-8(19)4-9(20-10)14-15-7(6-23-14)13-16-12(17-21-13)11-2-1-3-22-11/h1-3,6,8-10,18-19H,4-5H2/t8-,9-,10+/m0/s1. The fourth-order valence-corrected chi connectivity index (χ4v) is 3.91. The Balaban J connectivity index is 1.55. The Morgan fingerprint density at radius 3 is 2.96 bits per heavy atom. The van der Waals surface area contributed by atoms with Crippen LogP contribution >= 0.6 is 22.7 Å². The molecular formula is C14H13N3O4S2. The van der Waals surface area contributed by atoms with Crippen LogP contribution in [-0.2, 0) is 4.74 Å². The zero-order valence-electron chi connectivity index (χ0n) is 11.8. The molecule has 1 aliphatic rings. The lowest BCUT2D eigenvalue weighted by Gasteiger charge is -2.09. The second-order valence-electron chi connectivity index (χ2n) is 5.12. The SMILES string of the molecule is OC[C@H]1O[C@H](c2nc(-c3nc(-c4cccs4)no3)cs2)C[C@@H]1O. The predicted molar refractivity (Wildman–Crippen MR) is 84.0 cm³/mol. The fraction of sp³-hybridized carbons (Fsp3) is 0.357. The van der Waals surface area contributed by atoms with Crippen LogP contribution in [0.15, 0.2) is 27.4 Å². The van der Waals surface area contributed by atoms with Crippen LogP contribution in [0, 0.1) is 0 Å². The summed E-state index contributed by atoms with van der Waals surface area (Å²) in [6, 6.07) is 3.85. The average Bonchev–Trinajstić information content (AvgIpc) is 3.32. The number of ether oxygens (including phenoxy) is 1. The van der Waals surface area contributed by atoms with Crippen LogP contribution in [-0.4, -0.2) is 44.2 Å². The molecular weight excluding hydrogens is 338 g/mol. The molecule has 0 aromatic carbocycles. The van der Waals surface area contributed by atoms with Gasteiger partial charge >= 0.3 is 0 Å². The van der Waals surface area contributed by atoms with Crippen LogP contribution in [0.5, 0.6) is 0 Å². The van der Waals surface area contributed by atoms with Gasteiger partial charge in [0.1, 0.15) is 22.9 Å². The maximum absolute atomic E-state index is 9.81. The average molecular weight is 351 g/mol. The summed E-state index contributed by atoms with van der Waals surface area (Å²) in [5, 5.41) is 27.4. The molecule has 1 fully saturated rings. The fourth-order valence-electron chi connectivity index (χ4n) is 2.42. The zero-order valence-corrected chi connectivity index (χ0v) is 13.5. The van der Waals surface area contributed by atoms with Crippen LogP contribution in [0.25, 0.3) is 22.3 Å². The van der Waals surface area contributed by atoms with Gasteiger partial charge in [0, 0.05) is 11.8 Å². The molecule has 3 aromatic rings. The van der Waals surface area contributed by atoms with E-state index in [2.05, 4.69) is 15.1 Å². The Kier molecular flexibility index (Phi) is 3.95. The van der Waals surface area contributed by atoms with Gasteiger partial charge < -0.3 is 19.5 Å². The Morgan fingerprint density at radius 1 is 1.30 bits per heavy atom. The van der Waals surface area contributed by atoms with Gasteiger partial charge in [-0.2, -0.15) is 4.98 Å². The number of thiophene rings is 1. The van der Waals surface area contributed by atoms with Crippen molar-refractivity contribution in [2.75, 3.05) is 6.61 Å². The van der Waals surface area contributed by atoms with Crippen molar-refractivity contribution < 1.29 is 19.5 Å². The van der Waals surface area contributed by atoms with E-state index in [1.165, 1.54) is 22.7 Å².